The molecule has 2 fully saturated rings. The predicted molar refractivity (Wildman–Crippen MR) is 193 cm³/mol. The van der Waals surface area contributed by atoms with Crippen molar-refractivity contribution in [1.82, 2.24) is 25.8 Å². The normalized spacial score (nSPS) is 24.4. The van der Waals surface area contributed by atoms with Crippen LogP contribution in [0.1, 0.15) is 73.1 Å². The van der Waals surface area contributed by atoms with Gasteiger partial charge in [-0.3, -0.25) is 19.2 Å². The number of hydrogen-bond donors (Lipinski definition) is 3. The van der Waals surface area contributed by atoms with E-state index in [1.807, 2.05) is 58.9 Å². The molecule has 4 amide bonds. The van der Waals surface area contributed by atoms with Crippen LogP contribution in [0.3, 0.4) is 0 Å². The second kappa shape index (κ2) is 19.5. The lowest BCUT2D eigenvalue weighted by Crippen LogP contribution is -2.59. The Labute approximate surface area is 298 Å². The van der Waals surface area contributed by atoms with E-state index in [0.29, 0.717) is 32.5 Å². The lowest BCUT2D eigenvalue weighted by Gasteiger charge is -2.41. The molecule has 11 nitrogen and oxygen atoms in total. The minimum atomic E-state index is -2.06. The van der Waals surface area contributed by atoms with Gasteiger partial charge in [0, 0.05) is 47.3 Å². The highest BCUT2D eigenvalue weighted by Gasteiger charge is 2.45. The molecule has 0 saturated carbocycles. The van der Waals surface area contributed by atoms with E-state index in [1.54, 1.807) is 24.0 Å². The Balaban J connectivity index is 1.70. The van der Waals surface area contributed by atoms with E-state index in [2.05, 4.69) is 28.1 Å². The molecule has 0 bridgehead atoms. The van der Waals surface area contributed by atoms with Gasteiger partial charge in [0.1, 0.15) is 6.04 Å². The summed E-state index contributed by atoms with van der Waals surface area (Å²) in [5.74, 6) is -1.99. The van der Waals surface area contributed by atoms with E-state index in [1.165, 1.54) is 7.11 Å². The van der Waals surface area contributed by atoms with Crippen molar-refractivity contribution in [1.29, 1.82) is 0 Å². The zero-order valence-corrected chi connectivity index (χ0v) is 31.5. The van der Waals surface area contributed by atoms with Gasteiger partial charge in [0.15, 0.2) is 0 Å². The first-order valence-electron chi connectivity index (χ1n) is 18.4. The average molecular weight is 704 g/mol. The molecule has 3 rings (SSSR count). The summed E-state index contributed by atoms with van der Waals surface area (Å²) in [6, 6.07) is -1.73. The second-order valence-corrected chi connectivity index (χ2v) is 14.6. The number of allylic oxidation sites excluding steroid dienone is 6. The zero-order chi connectivity index (χ0) is 37.0. The number of nitrogens with zero attached hydrogens (tertiary/aromatic N) is 2. The van der Waals surface area contributed by atoms with Crippen LogP contribution < -0.4 is 16.0 Å². The van der Waals surface area contributed by atoms with Crippen LogP contribution in [0.25, 0.3) is 0 Å². The number of carbonyl (C=O) groups excluding carboxylic acids is 4. The summed E-state index contributed by atoms with van der Waals surface area (Å²) in [6.07, 6.45) is 14.1. The highest BCUT2D eigenvalue weighted by molar-refractivity contribution is 5.92. The highest BCUT2D eigenvalue weighted by Crippen LogP contribution is 2.30. The van der Waals surface area contributed by atoms with Gasteiger partial charge in [-0.1, -0.05) is 77.5 Å². The molecule has 0 aromatic rings. The Bertz CT molecular complexity index is 1220. The van der Waals surface area contributed by atoms with E-state index < -0.39 is 41.8 Å². The largest absolute Gasteiger partial charge is 0.379 e. The van der Waals surface area contributed by atoms with Crippen molar-refractivity contribution >= 4 is 23.6 Å². The van der Waals surface area contributed by atoms with Gasteiger partial charge in [-0.25, -0.2) is 4.39 Å². The number of ether oxygens (including phenoxy) is 2. The van der Waals surface area contributed by atoms with Gasteiger partial charge >= 0.3 is 0 Å². The van der Waals surface area contributed by atoms with E-state index in [0.717, 1.165) is 12.8 Å². The molecule has 1 aliphatic carbocycles. The van der Waals surface area contributed by atoms with E-state index >= 15 is 4.39 Å². The molecule has 2 heterocycles. The number of hydrogen-bond acceptors (Lipinski definition) is 7. The number of likely N-dealkylation sites (N-methyl/N-ethyl adjacent to an activating group) is 1. The maximum atomic E-state index is 15.3. The number of carbonyl (C=O) groups is 4. The molecule has 2 aliphatic heterocycles. The summed E-state index contributed by atoms with van der Waals surface area (Å²) in [5.41, 5.74) is -2.06. The van der Waals surface area contributed by atoms with Crippen LogP contribution in [0.5, 0.6) is 0 Å². The van der Waals surface area contributed by atoms with Gasteiger partial charge < -0.3 is 35.2 Å². The molecule has 0 radical (unpaired) electrons. The van der Waals surface area contributed by atoms with Crippen molar-refractivity contribution in [2.24, 2.45) is 23.7 Å². The van der Waals surface area contributed by atoms with Gasteiger partial charge in [-0.15, -0.1) is 0 Å². The Morgan fingerprint density at radius 1 is 1.06 bits per heavy atom. The minimum absolute atomic E-state index is 0.0197. The third-order valence-corrected chi connectivity index (χ3v) is 10.8. The van der Waals surface area contributed by atoms with E-state index in [4.69, 9.17) is 9.47 Å². The monoisotopic (exact) mass is 703 g/mol. The van der Waals surface area contributed by atoms with Crippen LogP contribution in [0.2, 0.25) is 0 Å². The first-order valence-corrected chi connectivity index (χ1v) is 18.4. The third-order valence-electron chi connectivity index (χ3n) is 10.8. The van der Waals surface area contributed by atoms with Gasteiger partial charge in [0.2, 0.25) is 23.4 Å². The SMILES string of the molecule is CC[C@H](C)[C@@H](C(CC(=O)N1CCC[C@H]1[C@H](OC)[C@@H](C)C(=O)NCCC1C=CC=CC=C1)OC)N(C)C(=O)[C@@H](NC(=O)[C@@]1(F)CCNC1)C(C)C. The molecule has 282 valence electrons. The molecule has 2 saturated heterocycles. The average Bonchev–Trinajstić information content (AvgIpc) is 3.69. The number of alkyl halides is 1. The lowest BCUT2D eigenvalue weighted by molar-refractivity contribution is -0.148. The number of rotatable bonds is 18. The van der Waals surface area contributed by atoms with Crippen molar-refractivity contribution < 1.29 is 33.0 Å². The van der Waals surface area contributed by atoms with Crippen LogP contribution >= 0.6 is 0 Å². The lowest BCUT2D eigenvalue weighted by atomic mass is 9.89. The first kappa shape index (κ1) is 41.3. The van der Waals surface area contributed by atoms with Crippen LogP contribution in [-0.2, 0) is 28.7 Å². The van der Waals surface area contributed by atoms with Crippen molar-refractivity contribution in [3.8, 4) is 0 Å². The zero-order valence-electron chi connectivity index (χ0n) is 31.5. The Morgan fingerprint density at radius 3 is 2.30 bits per heavy atom. The van der Waals surface area contributed by atoms with Gasteiger partial charge in [-0.2, -0.15) is 0 Å². The van der Waals surface area contributed by atoms with Crippen LogP contribution in [0.4, 0.5) is 4.39 Å². The summed E-state index contributed by atoms with van der Waals surface area (Å²) < 4.78 is 27.1. The molecular weight excluding hydrogens is 641 g/mol. The Kier molecular flexibility index (Phi) is 16.1. The summed E-state index contributed by atoms with van der Waals surface area (Å²) in [4.78, 5) is 57.7. The van der Waals surface area contributed by atoms with Crippen molar-refractivity contribution in [2.75, 3.05) is 47.4 Å². The van der Waals surface area contributed by atoms with Crippen LogP contribution in [-0.4, -0.2) is 117 Å². The second-order valence-electron chi connectivity index (χ2n) is 14.6. The summed E-state index contributed by atoms with van der Waals surface area (Å²) >= 11 is 0. The minimum Gasteiger partial charge on any atom is -0.379 e. The topological polar surface area (TPSA) is 129 Å². The summed E-state index contributed by atoms with van der Waals surface area (Å²) in [7, 11) is 4.79. The molecule has 3 aliphatic rings. The number of halogens is 1. The predicted octanol–water partition coefficient (Wildman–Crippen LogP) is 3.55. The molecule has 50 heavy (non-hydrogen) atoms. The molecule has 1 unspecified atom stereocenters. The Morgan fingerprint density at radius 2 is 1.74 bits per heavy atom. The molecular formula is C38H62FN5O6. The van der Waals surface area contributed by atoms with Gasteiger partial charge in [-0.05, 0) is 43.6 Å². The molecule has 0 aromatic carbocycles. The van der Waals surface area contributed by atoms with Gasteiger partial charge in [0.25, 0.3) is 5.91 Å². The smallest absolute Gasteiger partial charge is 0.259 e. The fourth-order valence-corrected chi connectivity index (χ4v) is 7.49. The molecule has 3 N–H and O–H groups in total. The summed E-state index contributed by atoms with van der Waals surface area (Å²) in [6.45, 7) is 10.9. The third kappa shape index (κ3) is 10.5. The molecule has 0 aromatic heterocycles. The van der Waals surface area contributed by atoms with Gasteiger partial charge in [0.05, 0.1) is 36.6 Å². The fraction of sp³-hybridized carbons (Fsp3) is 0.737. The van der Waals surface area contributed by atoms with Crippen LogP contribution in [0, 0.1) is 23.7 Å². The Hall–Kier alpha value is -3.09. The number of likely N-dealkylation sites (tertiary alicyclic amines) is 1. The van der Waals surface area contributed by atoms with Crippen LogP contribution in [0.15, 0.2) is 36.5 Å². The maximum Gasteiger partial charge on any atom is 0.259 e. The molecule has 8 atom stereocenters. The quantitative estimate of drug-likeness (QED) is 0.199. The number of amides is 4. The summed E-state index contributed by atoms with van der Waals surface area (Å²) in [5, 5.41) is 8.63. The number of nitrogens with one attached hydrogen (secondary N) is 3. The number of methoxy groups -OCH3 is 2. The maximum absolute atomic E-state index is 15.3. The standard InChI is InChI=1S/C38H62FN5O6/c1-9-26(4)33(43(6)36(47)32(25(2)3)42-37(48)38(39)19-21-40-24-38)30(49-7)23-31(45)44-22-14-17-29(44)34(50-8)27(5)35(46)41-20-18-28-15-12-10-11-13-16-28/h10-13,15-16,25-30,32-34,40H,9,14,17-24H2,1-8H3,(H,41,46)(H,42,48)/t26-,27+,29-,30?,32-,33-,34+,38+/m0/s1. The highest BCUT2D eigenvalue weighted by atomic mass is 19.1. The van der Waals surface area contributed by atoms with E-state index in [-0.39, 0.29) is 60.9 Å². The fourth-order valence-electron chi connectivity index (χ4n) is 7.49. The molecule has 12 heteroatoms. The molecule has 0 spiro atoms. The first-order chi connectivity index (χ1) is 23.8. The van der Waals surface area contributed by atoms with Crippen molar-refractivity contribution in [3.05, 3.63) is 36.5 Å². The van der Waals surface area contributed by atoms with E-state index in [9.17, 15) is 19.2 Å². The van der Waals surface area contributed by atoms with Crippen molar-refractivity contribution in [3.63, 3.8) is 0 Å². The van der Waals surface area contributed by atoms with Crippen molar-refractivity contribution in [2.45, 2.75) is 109 Å².